The van der Waals surface area contributed by atoms with Gasteiger partial charge in [0.1, 0.15) is 0 Å². The third-order valence-corrected chi connectivity index (χ3v) is 4.43. The minimum atomic E-state index is -1.30. The van der Waals surface area contributed by atoms with Crippen LogP contribution in [0.25, 0.3) is 0 Å². The number of amides is 1. The van der Waals surface area contributed by atoms with Gasteiger partial charge in [-0.3, -0.25) is 14.9 Å². The molecule has 1 aromatic rings. The number of fused-ring (bicyclic) bond motifs is 1. The summed E-state index contributed by atoms with van der Waals surface area (Å²) in [5, 5.41) is 11.7. The number of nitrogens with two attached hydrogens (primary N) is 1. The molecule has 0 spiro atoms. The molecule has 114 valence electrons. The highest BCUT2D eigenvalue weighted by molar-refractivity contribution is 5.95. The number of primary amides is 1. The van der Waals surface area contributed by atoms with Gasteiger partial charge in [-0.1, -0.05) is 30.3 Å². The fraction of sp³-hybridized carbons (Fsp3) is 0.312. The van der Waals surface area contributed by atoms with Crippen molar-refractivity contribution in [1.29, 1.82) is 0 Å². The highest BCUT2D eigenvalue weighted by Crippen LogP contribution is 2.32. The van der Waals surface area contributed by atoms with Crippen LogP contribution in [-0.2, 0) is 17.8 Å². The Morgan fingerprint density at radius 1 is 1.32 bits per heavy atom. The van der Waals surface area contributed by atoms with Gasteiger partial charge < -0.3 is 5.73 Å². The molecule has 1 unspecified atom stereocenters. The van der Waals surface area contributed by atoms with Crippen molar-refractivity contribution in [3.05, 3.63) is 69.3 Å². The molecule has 2 N–H and O–H groups in total. The van der Waals surface area contributed by atoms with Gasteiger partial charge in [0.2, 0.25) is 5.91 Å². The first-order valence-corrected chi connectivity index (χ1v) is 7.18. The lowest BCUT2D eigenvalue weighted by Gasteiger charge is -2.38. The van der Waals surface area contributed by atoms with Crippen molar-refractivity contribution >= 4 is 5.91 Å². The topological polar surface area (TPSA) is 89.5 Å². The van der Waals surface area contributed by atoms with E-state index in [0.29, 0.717) is 18.7 Å². The van der Waals surface area contributed by atoms with Gasteiger partial charge in [-0.05, 0) is 23.6 Å². The molecule has 0 aromatic heterocycles. The van der Waals surface area contributed by atoms with Gasteiger partial charge in [0.25, 0.3) is 5.66 Å². The Kier molecular flexibility index (Phi) is 3.54. The van der Waals surface area contributed by atoms with Crippen LogP contribution in [0.15, 0.2) is 48.1 Å². The predicted octanol–water partition coefficient (Wildman–Crippen LogP) is 1.39. The van der Waals surface area contributed by atoms with Crippen molar-refractivity contribution in [3.63, 3.8) is 0 Å². The maximum atomic E-state index is 11.7. The molecule has 1 amide bonds. The summed E-state index contributed by atoms with van der Waals surface area (Å²) in [5.41, 5.74) is 6.62. The molecule has 1 atom stereocenters. The molecule has 0 saturated carbocycles. The zero-order valence-electron chi connectivity index (χ0n) is 12.1. The van der Waals surface area contributed by atoms with E-state index in [9.17, 15) is 14.9 Å². The molecule has 6 heteroatoms. The molecular weight excluding hydrogens is 282 g/mol. The van der Waals surface area contributed by atoms with Crippen LogP contribution in [-0.4, -0.2) is 27.9 Å². The first-order valence-electron chi connectivity index (χ1n) is 7.18. The second kappa shape index (κ2) is 5.38. The summed E-state index contributed by atoms with van der Waals surface area (Å²) in [5.74, 6) is -0.558. The Labute approximate surface area is 128 Å². The number of hydrogen-bond donors (Lipinski definition) is 1. The maximum absolute atomic E-state index is 11.7. The van der Waals surface area contributed by atoms with E-state index in [2.05, 4.69) is 6.07 Å². The molecule has 0 radical (unpaired) electrons. The SMILES string of the molecule is NC(=O)C1=CCC(N2CCc3ccccc3C2)([N+](=O)[O-])C=C1. The van der Waals surface area contributed by atoms with Gasteiger partial charge in [-0.15, -0.1) is 0 Å². The van der Waals surface area contributed by atoms with E-state index in [-0.39, 0.29) is 11.3 Å². The number of benzene rings is 1. The normalized spacial score (nSPS) is 24.5. The summed E-state index contributed by atoms with van der Waals surface area (Å²) in [4.78, 5) is 24.5. The van der Waals surface area contributed by atoms with E-state index < -0.39 is 11.6 Å². The van der Waals surface area contributed by atoms with Gasteiger partial charge >= 0.3 is 0 Å². The number of rotatable bonds is 3. The Hall–Kier alpha value is -2.47. The fourth-order valence-electron chi connectivity index (χ4n) is 3.11. The van der Waals surface area contributed by atoms with Crippen molar-refractivity contribution in [2.45, 2.75) is 25.0 Å². The van der Waals surface area contributed by atoms with Crippen LogP contribution in [0, 0.1) is 10.1 Å². The third kappa shape index (κ3) is 2.31. The first-order chi connectivity index (χ1) is 10.5. The van der Waals surface area contributed by atoms with Crippen molar-refractivity contribution < 1.29 is 9.72 Å². The summed E-state index contributed by atoms with van der Waals surface area (Å²) in [6.07, 6.45) is 5.46. The molecule has 2 aliphatic rings. The summed E-state index contributed by atoms with van der Waals surface area (Å²) >= 11 is 0. The van der Waals surface area contributed by atoms with Gasteiger partial charge in [0.05, 0.1) is 6.42 Å². The van der Waals surface area contributed by atoms with E-state index in [4.69, 9.17) is 5.73 Å². The quantitative estimate of drug-likeness (QED) is 0.674. The standard InChI is InChI=1S/C16H17N3O3/c17-15(20)13-5-8-16(9-6-13,19(21)22)18-10-7-12-3-1-2-4-14(12)11-18/h1-6,8H,7,9-11H2,(H2,17,20). The van der Waals surface area contributed by atoms with E-state index in [1.165, 1.54) is 17.7 Å². The second-order valence-corrected chi connectivity index (χ2v) is 5.64. The van der Waals surface area contributed by atoms with E-state index in [1.807, 2.05) is 23.1 Å². The average Bonchev–Trinajstić information content (AvgIpc) is 2.54. The molecule has 0 bridgehead atoms. The molecule has 6 nitrogen and oxygen atoms in total. The molecule has 1 aliphatic carbocycles. The van der Waals surface area contributed by atoms with Crippen LogP contribution >= 0.6 is 0 Å². The Morgan fingerprint density at radius 2 is 2.05 bits per heavy atom. The summed E-state index contributed by atoms with van der Waals surface area (Å²) in [7, 11) is 0. The van der Waals surface area contributed by atoms with Crippen LogP contribution in [0.4, 0.5) is 0 Å². The number of carbonyl (C=O) groups excluding carboxylic acids is 1. The third-order valence-electron chi connectivity index (χ3n) is 4.43. The monoisotopic (exact) mass is 299 g/mol. The van der Waals surface area contributed by atoms with Gasteiger partial charge in [-0.25, -0.2) is 4.90 Å². The first kappa shape index (κ1) is 14.5. The molecule has 0 saturated heterocycles. The minimum Gasteiger partial charge on any atom is -0.366 e. The highest BCUT2D eigenvalue weighted by atomic mass is 16.6. The van der Waals surface area contributed by atoms with Crippen molar-refractivity contribution in [2.75, 3.05) is 6.54 Å². The number of hydrogen-bond acceptors (Lipinski definition) is 4. The van der Waals surface area contributed by atoms with Gasteiger partial charge in [-0.2, -0.15) is 0 Å². The maximum Gasteiger partial charge on any atom is 0.300 e. The van der Waals surface area contributed by atoms with Crippen LogP contribution in [0.1, 0.15) is 17.5 Å². The molecular formula is C16H17N3O3. The molecule has 3 rings (SSSR count). The molecule has 1 aromatic carbocycles. The molecule has 1 heterocycles. The van der Waals surface area contributed by atoms with Crippen LogP contribution in [0.2, 0.25) is 0 Å². The fourth-order valence-corrected chi connectivity index (χ4v) is 3.11. The Bertz CT molecular complexity index is 696. The largest absolute Gasteiger partial charge is 0.366 e. The van der Waals surface area contributed by atoms with Gasteiger partial charge in [0.15, 0.2) is 0 Å². The number of carbonyl (C=O) groups is 1. The number of nitrogens with zero attached hydrogens (tertiary/aromatic N) is 2. The van der Waals surface area contributed by atoms with Crippen LogP contribution in [0.3, 0.4) is 0 Å². The highest BCUT2D eigenvalue weighted by Gasteiger charge is 2.47. The Morgan fingerprint density at radius 3 is 2.64 bits per heavy atom. The Balaban J connectivity index is 1.90. The lowest BCUT2D eigenvalue weighted by molar-refractivity contribution is -0.587. The van der Waals surface area contributed by atoms with Gasteiger partial charge in [0, 0.05) is 29.7 Å². The van der Waals surface area contributed by atoms with E-state index in [1.54, 1.807) is 6.08 Å². The van der Waals surface area contributed by atoms with Crippen molar-refractivity contribution in [2.24, 2.45) is 5.73 Å². The molecule has 0 fully saturated rings. The van der Waals surface area contributed by atoms with Crippen molar-refractivity contribution in [3.8, 4) is 0 Å². The van der Waals surface area contributed by atoms with Crippen LogP contribution in [0.5, 0.6) is 0 Å². The lowest BCUT2D eigenvalue weighted by atomic mass is 9.91. The average molecular weight is 299 g/mol. The molecule has 1 aliphatic heterocycles. The van der Waals surface area contributed by atoms with E-state index in [0.717, 1.165) is 12.0 Å². The predicted molar refractivity (Wildman–Crippen MR) is 81.3 cm³/mol. The smallest absolute Gasteiger partial charge is 0.300 e. The number of nitro groups is 1. The minimum absolute atomic E-state index is 0.150. The zero-order chi connectivity index (χ0) is 15.7. The molecule has 22 heavy (non-hydrogen) atoms. The van der Waals surface area contributed by atoms with Crippen molar-refractivity contribution in [1.82, 2.24) is 4.90 Å². The zero-order valence-corrected chi connectivity index (χ0v) is 12.1. The summed E-state index contributed by atoms with van der Waals surface area (Å²) in [6, 6.07) is 8.00. The summed E-state index contributed by atoms with van der Waals surface area (Å²) < 4.78 is 0. The lowest BCUT2D eigenvalue weighted by Crippen LogP contribution is -2.55. The second-order valence-electron chi connectivity index (χ2n) is 5.64. The van der Waals surface area contributed by atoms with E-state index >= 15 is 0 Å². The van der Waals surface area contributed by atoms with Crippen LogP contribution < -0.4 is 5.73 Å². The summed E-state index contributed by atoms with van der Waals surface area (Å²) in [6.45, 7) is 1.14.